The highest BCUT2D eigenvalue weighted by atomic mass is 19.1. The van der Waals surface area contributed by atoms with E-state index in [1.165, 1.54) is 61.7 Å². The molecule has 54 heavy (non-hydrogen) atoms. The van der Waals surface area contributed by atoms with Crippen molar-refractivity contribution in [3.8, 4) is 33.4 Å². The predicted molar refractivity (Wildman–Crippen MR) is 221 cm³/mol. The molecule has 258 valence electrons. The summed E-state index contributed by atoms with van der Waals surface area (Å²) in [6.45, 7) is 4.64. The molecule has 10 rings (SSSR count). The maximum absolute atomic E-state index is 14.8. The third kappa shape index (κ3) is 4.63. The first-order chi connectivity index (χ1) is 26.5. The van der Waals surface area contributed by atoms with Crippen LogP contribution in [0, 0.1) is 5.82 Å². The summed E-state index contributed by atoms with van der Waals surface area (Å²) in [4.78, 5) is 2.38. The molecule has 8 aromatic carbocycles. The van der Waals surface area contributed by atoms with Crippen molar-refractivity contribution in [1.29, 1.82) is 0 Å². The monoisotopic (exact) mass is 695 g/mol. The SMILES string of the molecule is CC1(C)c2ccccc2-c2c(N(c3ccc(C4(c5ccccc5)c5ccccc5-c5ccccc54)cc3)c3ccccc3-c3cccc(F)c3)cccc21. The van der Waals surface area contributed by atoms with Gasteiger partial charge in [0, 0.05) is 22.2 Å². The minimum atomic E-state index is -0.492. The number of nitrogens with zero attached hydrogens (tertiary/aromatic N) is 1. The number of anilines is 3. The molecule has 0 fully saturated rings. The highest BCUT2D eigenvalue weighted by Gasteiger charge is 2.46. The summed E-state index contributed by atoms with van der Waals surface area (Å²) in [7, 11) is 0. The summed E-state index contributed by atoms with van der Waals surface area (Å²) < 4.78 is 14.8. The standard InChI is InChI=1S/C52H38FN/c1-51(2)44-24-10-8-23-43(44)50-47(51)27-15-29-49(50)54(48-28-13-9-20-40(48)35-16-14-19-38(53)34-35)39-32-30-37(31-33-39)52(36-17-4-3-5-18-36)45-25-11-6-21-41(45)42-22-7-12-26-46(42)52/h3-34H,1-2H3. The van der Waals surface area contributed by atoms with Crippen molar-refractivity contribution in [3.05, 3.63) is 233 Å². The van der Waals surface area contributed by atoms with Crippen LogP contribution in [-0.4, -0.2) is 0 Å². The second-order valence-electron chi connectivity index (χ2n) is 15.0. The van der Waals surface area contributed by atoms with Crippen LogP contribution in [0.2, 0.25) is 0 Å². The molecular weight excluding hydrogens is 658 g/mol. The highest BCUT2D eigenvalue weighted by Crippen LogP contribution is 2.58. The van der Waals surface area contributed by atoms with Crippen LogP contribution in [-0.2, 0) is 10.8 Å². The molecule has 0 saturated heterocycles. The van der Waals surface area contributed by atoms with Crippen LogP contribution in [0.1, 0.15) is 47.2 Å². The van der Waals surface area contributed by atoms with E-state index in [1.54, 1.807) is 12.1 Å². The van der Waals surface area contributed by atoms with Gasteiger partial charge in [-0.25, -0.2) is 4.39 Å². The van der Waals surface area contributed by atoms with E-state index < -0.39 is 5.41 Å². The first kappa shape index (κ1) is 32.2. The Balaban J connectivity index is 1.23. The number of para-hydroxylation sites is 1. The zero-order valence-electron chi connectivity index (χ0n) is 30.3. The molecule has 0 N–H and O–H groups in total. The average Bonchev–Trinajstić information content (AvgIpc) is 3.65. The van der Waals surface area contributed by atoms with Gasteiger partial charge >= 0.3 is 0 Å². The van der Waals surface area contributed by atoms with Crippen molar-refractivity contribution in [2.75, 3.05) is 4.90 Å². The van der Waals surface area contributed by atoms with Gasteiger partial charge < -0.3 is 4.90 Å². The number of hydrogen-bond acceptors (Lipinski definition) is 1. The van der Waals surface area contributed by atoms with Crippen LogP contribution in [0.4, 0.5) is 21.5 Å². The molecule has 2 aliphatic carbocycles. The van der Waals surface area contributed by atoms with E-state index in [0.717, 1.165) is 28.2 Å². The summed E-state index contributed by atoms with van der Waals surface area (Å²) in [5, 5.41) is 0. The first-order valence-corrected chi connectivity index (χ1v) is 18.7. The first-order valence-electron chi connectivity index (χ1n) is 18.7. The second-order valence-corrected chi connectivity index (χ2v) is 15.0. The lowest BCUT2D eigenvalue weighted by Crippen LogP contribution is -2.28. The van der Waals surface area contributed by atoms with E-state index in [1.807, 2.05) is 12.1 Å². The van der Waals surface area contributed by atoms with Crippen molar-refractivity contribution in [2.24, 2.45) is 0 Å². The highest BCUT2D eigenvalue weighted by molar-refractivity contribution is 5.98. The van der Waals surface area contributed by atoms with Crippen molar-refractivity contribution >= 4 is 17.1 Å². The molecule has 0 heterocycles. The van der Waals surface area contributed by atoms with Crippen LogP contribution >= 0.6 is 0 Å². The molecule has 2 aliphatic rings. The Morgan fingerprint density at radius 3 is 1.61 bits per heavy atom. The van der Waals surface area contributed by atoms with Crippen molar-refractivity contribution < 1.29 is 4.39 Å². The quantitative estimate of drug-likeness (QED) is 0.167. The van der Waals surface area contributed by atoms with Gasteiger partial charge in [-0.05, 0) is 92.0 Å². The lowest BCUT2D eigenvalue weighted by atomic mass is 9.68. The molecule has 0 aliphatic heterocycles. The second kappa shape index (κ2) is 12.3. The van der Waals surface area contributed by atoms with Crippen LogP contribution in [0.3, 0.4) is 0 Å². The lowest BCUT2D eigenvalue weighted by Gasteiger charge is -2.35. The van der Waals surface area contributed by atoms with Gasteiger partial charge in [-0.15, -0.1) is 0 Å². The summed E-state index contributed by atoms with van der Waals surface area (Å²) in [5.74, 6) is -0.252. The van der Waals surface area contributed by atoms with Gasteiger partial charge in [0.05, 0.1) is 16.8 Å². The lowest BCUT2D eigenvalue weighted by molar-refractivity contribution is 0.628. The fourth-order valence-corrected chi connectivity index (χ4v) is 9.47. The molecule has 0 bridgehead atoms. The molecule has 0 saturated carbocycles. The minimum absolute atomic E-state index is 0.162. The van der Waals surface area contributed by atoms with E-state index >= 15 is 0 Å². The van der Waals surface area contributed by atoms with Gasteiger partial charge in [0.15, 0.2) is 0 Å². The summed E-state index contributed by atoms with van der Waals surface area (Å²) in [5.41, 5.74) is 16.9. The zero-order valence-corrected chi connectivity index (χ0v) is 30.3. The normalized spacial score (nSPS) is 14.1. The Hall–Kier alpha value is -6.51. The maximum atomic E-state index is 14.8. The number of halogens is 1. The predicted octanol–water partition coefficient (Wildman–Crippen LogP) is 13.6. The molecule has 8 aromatic rings. The van der Waals surface area contributed by atoms with Crippen LogP contribution in [0.25, 0.3) is 33.4 Å². The third-order valence-electron chi connectivity index (χ3n) is 11.8. The van der Waals surface area contributed by atoms with E-state index in [0.29, 0.717) is 0 Å². The van der Waals surface area contributed by atoms with Gasteiger partial charge in [-0.3, -0.25) is 0 Å². The fraction of sp³-hybridized carbons (Fsp3) is 0.0769. The Labute approximate surface area is 316 Å². The van der Waals surface area contributed by atoms with E-state index in [4.69, 9.17) is 0 Å². The van der Waals surface area contributed by atoms with Gasteiger partial charge in [0.25, 0.3) is 0 Å². The molecule has 1 nitrogen and oxygen atoms in total. The number of hydrogen-bond donors (Lipinski definition) is 0. The third-order valence-corrected chi connectivity index (χ3v) is 11.8. The summed E-state index contributed by atoms with van der Waals surface area (Å²) in [6.07, 6.45) is 0. The van der Waals surface area contributed by atoms with Crippen molar-refractivity contribution in [1.82, 2.24) is 0 Å². The zero-order chi connectivity index (χ0) is 36.4. The van der Waals surface area contributed by atoms with Crippen molar-refractivity contribution in [3.63, 3.8) is 0 Å². The number of rotatable bonds is 6. The molecule has 0 aromatic heterocycles. The fourth-order valence-electron chi connectivity index (χ4n) is 9.47. The maximum Gasteiger partial charge on any atom is 0.123 e. The number of fused-ring (bicyclic) bond motifs is 6. The molecule has 2 heteroatoms. The van der Waals surface area contributed by atoms with E-state index in [9.17, 15) is 4.39 Å². The molecule has 0 spiro atoms. The number of benzene rings is 8. The van der Waals surface area contributed by atoms with Crippen molar-refractivity contribution in [2.45, 2.75) is 24.7 Å². The summed E-state index contributed by atoms with van der Waals surface area (Å²) >= 11 is 0. The Kier molecular flexibility index (Phi) is 7.32. The van der Waals surface area contributed by atoms with E-state index in [-0.39, 0.29) is 11.2 Å². The molecule has 0 unspecified atom stereocenters. The van der Waals surface area contributed by atoms with Crippen LogP contribution in [0.15, 0.2) is 194 Å². The average molecular weight is 696 g/mol. The van der Waals surface area contributed by atoms with E-state index in [2.05, 4.69) is 183 Å². The van der Waals surface area contributed by atoms with Gasteiger partial charge in [-0.2, -0.15) is 0 Å². The molecular formula is C52H38FN. The minimum Gasteiger partial charge on any atom is -0.309 e. The van der Waals surface area contributed by atoms with Crippen LogP contribution in [0.5, 0.6) is 0 Å². The van der Waals surface area contributed by atoms with Gasteiger partial charge in [0.1, 0.15) is 5.82 Å². The van der Waals surface area contributed by atoms with Gasteiger partial charge in [-0.1, -0.05) is 172 Å². The van der Waals surface area contributed by atoms with Crippen LogP contribution < -0.4 is 4.90 Å². The Morgan fingerprint density at radius 1 is 0.407 bits per heavy atom. The molecule has 0 atom stereocenters. The Morgan fingerprint density at radius 2 is 0.926 bits per heavy atom. The Bertz CT molecular complexity index is 2660. The van der Waals surface area contributed by atoms with Gasteiger partial charge in [0.2, 0.25) is 0 Å². The topological polar surface area (TPSA) is 3.24 Å². The smallest absolute Gasteiger partial charge is 0.123 e. The largest absolute Gasteiger partial charge is 0.309 e. The molecule has 0 amide bonds. The summed E-state index contributed by atoms with van der Waals surface area (Å²) in [6, 6.07) is 68.6. The molecule has 0 radical (unpaired) electrons.